The van der Waals surface area contributed by atoms with Crippen molar-refractivity contribution in [1.82, 2.24) is 0 Å². The molecule has 0 radical (unpaired) electrons. The van der Waals surface area contributed by atoms with Gasteiger partial charge in [-0.05, 0) is 11.8 Å². The summed E-state index contributed by atoms with van der Waals surface area (Å²) in [5.41, 5.74) is -0.0719. The Morgan fingerprint density at radius 1 is 1.27 bits per heavy atom. The van der Waals surface area contributed by atoms with Crippen LogP contribution in [0, 0.1) is 5.41 Å². The van der Waals surface area contributed by atoms with E-state index in [0.717, 1.165) is 0 Å². The second-order valence-electron chi connectivity index (χ2n) is 3.57. The molecule has 0 saturated heterocycles. The van der Waals surface area contributed by atoms with Crippen molar-refractivity contribution >= 4 is 10.1 Å². The van der Waals surface area contributed by atoms with Gasteiger partial charge in [0.25, 0.3) is 0 Å². The van der Waals surface area contributed by atoms with Gasteiger partial charge in [0, 0.05) is 5.75 Å². The smallest absolute Gasteiger partial charge is 0.748 e. The first-order valence-corrected chi connectivity index (χ1v) is 4.72. The van der Waals surface area contributed by atoms with Gasteiger partial charge in [0.15, 0.2) is 0 Å². The van der Waals surface area contributed by atoms with Gasteiger partial charge in [-0.15, -0.1) is 0 Å². The quantitative estimate of drug-likeness (QED) is 0.371. The van der Waals surface area contributed by atoms with Crippen LogP contribution in [-0.2, 0) is 10.1 Å². The Morgan fingerprint density at radius 2 is 1.64 bits per heavy atom. The van der Waals surface area contributed by atoms with Crippen LogP contribution in [0.15, 0.2) is 0 Å². The summed E-state index contributed by atoms with van der Waals surface area (Å²) in [5, 5.41) is 0. The third-order valence-corrected chi connectivity index (χ3v) is 1.81. The van der Waals surface area contributed by atoms with Gasteiger partial charge in [-0.3, -0.25) is 0 Å². The molecule has 3 nitrogen and oxygen atoms in total. The van der Waals surface area contributed by atoms with Gasteiger partial charge in [-0.2, -0.15) is 0 Å². The molecule has 0 aromatic carbocycles. The molecule has 11 heavy (non-hydrogen) atoms. The van der Waals surface area contributed by atoms with Gasteiger partial charge in [0.1, 0.15) is 0 Å². The zero-order chi connectivity index (χ0) is 8.41. The van der Waals surface area contributed by atoms with E-state index in [9.17, 15) is 13.0 Å². The fourth-order valence-corrected chi connectivity index (χ4v) is 1.29. The molecular weight excluding hydrogens is 175 g/mol. The normalized spacial score (nSPS) is 12.4. The summed E-state index contributed by atoms with van der Waals surface area (Å²) in [6, 6.07) is 0. The van der Waals surface area contributed by atoms with Gasteiger partial charge >= 0.3 is 29.6 Å². The standard InChI is InChI=1S/C6H14O3S.Na/c1-6(2,3)4-5-10(7,8)9;/h4-5H2,1-3H3,(H,7,8,9);/q;+1/p-1. The Balaban J connectivity index is 0. The Kier molecular flexibility index (Phi) is 6.32. The summed E-state index contributed by atoms with van der Waals surface area (Å²) in [7, 11) is -4.01. The zero-order valence-corrected chi connectivity index (χ0v) is 10.4. The maximum Gasteiger partial charge on any atom is 1.00 e. The third kappa shape index (κ3) is 13.8. The molecule has 0 amide bonds. The SMILES string of the molecule is CC(C)(C)CCS(=O)(=O)[O-].[Na+]. The molecule has 0 rings (SSSR count). The molecule has 5 heteroatoms. The van der Waals surface area contributed by atoms with Crippen LogP contribution in [0.4, 0.5) is 0 Å². The summed E-state index contributed by atoms with van der Waals surface area (Å²) in [6.07, 6.45) is 0.429. The van der Waals surface area contributed by atoms with E-state index in [1.165, 1.54) is 0 Å². The molecule has 0 unspecified atom stereocenters. The Hall–Kier alpha value is 0.910. The minimum Gasteiger partial charge on any atom is -0.748 e. The summed E-state index contributed by atoms with van der Waals surface area (Å²) >= 11 is 0. The van der Waals surface area contributed by atoms with E-state index >= 15 is 0 Å². The summed E-state index contributed by atoms with van der Waals surface area (Å²) in [5.74, 6) is -0.253. The van der Waals surface area contributed by atoms with Crippen LogP contribution in [0.3, 0.4) is 0 Å². The molecule has 62 valence electrons. The van der Waals surface area contributed by atoms with Crippen LogP contribution in [0.5, 0.6) is 0 Å². The molecule has 0 saturated carbocycles. The van der Waals surface area contributed by atoms with E-state index < -0.39 is 10.1 Å². The fourth-order valence-electron chi connectivity index (χ4n) is 0.431. The van der Waals surface area contributed by atoms with Gasteiger partial charge < -0.3 is 4.55 Å². The molecule has 0 aliphatic rings. The van der Waals surface area contributed by atoms with E-state index in [-0.39, 0.29) is 40.7 Å². The van der Waals surface area contributed by atoms with Gasteiger partial charge in [0.05, 0.1) is 10.1 Å². The number of hydrogen-bond acceptors (Lipinski definition) is 3. The fraction of sp³-hybridized carbons (Fsp3) is 1.00. The second-order valence-corrected chi connectivity index (χ2v) is 5.10. The van der Waals surface area contributed by atoms with Crippen LogP contribution < -0.4 is 29.6 Å². The molecule has 0 N–H and O–H groups in total. The first-order valence-electron chi connectivity index (χ1n) is 3.14. The maximum absolute atomic E-state index is 10.1. The average molecular weight is 188 g/mol. The molecule has 0 bridgehead atoms. The van der Waals surface area contributed by atoms with Crippen molar-refractivity contribution in [3.8, 4) is 0 Å². The minimum absolute atomic E-state index is 0. The van der Waals surface area contributed by atoms with E-state index in [0.29, 0.717) is 6.42 Å². The van der Waals surface area contributed by atoms with Crippen LogP contribution in [-0.4, -0.2) is 18.7 Å². The number of hydrogen-bond donors (Lipinski definition) is 0. The Morgan fingerprint density at radius 3 is 1.73 bits per heavy atom. The maximum atomic E-state index is 10.1. The second kappa shape index (κ2) is 4.82. The molecule has 0 aliphatic carbocycles. The van der Waals surface area contributed by atoms with Gasteiger partial charge in [-0.1, -0.05) is 20.8 Å². The molecule has 0 aromatic heterocycles. The van der Waals surface area contributed by atoms with E-state index in [2.05, 4.69) is 0 Å². The van der Waals surface area contributed by atoms with Crippen molar-refractivity contribution in [3.63, 3.8) is 0 Å². The van der Waals surface area contributed by atoms with Crippen LogP contribution in [0.25, 0.3) is 0 Å². The van der Waals surface area contributed by atoms with Crippen molar-refractivity contribution in [3.05, 3.63) is 0 Å². The molecule has 0 aliphatic heterocycles. The predicted octanol–water partition coefficient (Wildman–Crippen LogP) is -2.03. The minimum atomic E-state index is -4.01. The molecule has 0 fully saturated rings. The van der Waals surface area contributed by atoms with E-state index in [1.807, 2.05) is 20.8 Å². The molecule has 0 heterocycles. The zero-order valence-electron chi connectivity index (χ0n) is 7.55. The van der Waals surface area contributed by atoms with Crippen LogP contribution in [0.2, 0.25) is 0 Å². The van der Waals surface area contributed by atoms with Crippen molar-refractivity contribution in [2.24, 2.45) is 5.41 Å². The van der Waals surface area contributed by atoms with E-state index in [1.54, 1.807) is 0 Å². The molecular formula is C6H13NaO3S. The van der Waals surface area contributed by atoms with Crippen LogP contribution in [0.1, 0.15) is 27.2 Å². The average Bonchev–Trinajstić information content (AvgIpc) is 1.57. The molecule has 0 aromatic rings. The van der Waals surface area contributed by atoms with Crippen molar-refractivity contribution in [1.29, 1.82) is 0 Å². The van der Waals surface area contributed by atoms with Crippen molar-refractivity contribution in [2.75, 3.05) is 5.75 Å². The largest absolute Gasteiger partial charge is 1.00 e. The summed E-state index contributed by atoms with van der Waals surface area (Å²) < 4.78 is 30.4. The molecule has 0 spiro atoms. The first kappa shape index (κ1) is 14.4. The van der Waals surface area contributed by atoms with Gasteiger partial charge in [0.2, 0.25) is 0 Å². The topological polar surface area (TPSA) is 57.2 Å². The van der Waals surface area contributed by atoms with Crippen molar-refractivity contribution in [2.45, 2.75) is 27.2 Å². The first-order chi connectivity index (χ1) is 4.21. The molecule has 0 atom stereocenters. The third-order valence-electron chi connectivity index (χ3n) is 1.10. The predicted molar refractivity (Wildman–Crippen MR) is 38.6 cm³/mol. The Labute approximate surface area is 90.6 Å². The van der Waals surface area contributed by atoms with Crippen molar-refractivity contribution < 1.29 is 42.5 Å². The number of rotatable bonds is 2. The monoisotopic (exact) mass is 188 g/mol. The van der Waals surface area contributed by atoms with Crippen LogP contribution >= 0.6 is 0 Å². The summed E-state index contributed by atoms with van der Waals surface area (Å²) in [6.45, 7) is 5.70. The van der Waals surface area contributed by atoms with Gasteiger partial charge in [-0.25, -0.2) is 8.42 Å². The summed E-state index contributed by atoms with van der Waals surface area (Å²) in [4.78, 5) is 0. The van der Waals surface area contributed by atoms with E-state index in [4.69, 9.17) is 0 Å². The Bertz CT molecular complexity index is 190.